The van der Waals surface area contributed by atoms with Crippen LogP contribution in [0.15, 0.2) is 0 Å². The summed E-state index contributed by atoms with van der Waals surface area (Å²) in [6.45, 7) is 10.2. The topological polar surface area (TPSA) is 35.5 Å². The van der Waals surface area contributed by atoms with Gasteiger partial charge in [-0.05, 0) is 64.3 Å². The molecule has 3 atom stereocenters. The molecule has 3 heteroatoms. The molecule has 2 N–H and O–H groups in total. The average molecular weight is 311 g/mol. The third-order valence-corrected chi connectivity index (χ3v) is 5.79. The van der Waals surface area contributed by atoms with Gasteiger partial charge in [-0.25, -0.2) is 0 Å². The SMILES string of the molecule is CCC(O)CC1CC(NCC2CCCCC2)CN(C(C)C)C1. The summed E-state index contributed by atoms with van der Waals surface area (Å²) in [5.41, 5.74) is 0. The first-order valence-electron chi connectivity index (χ1n) is 9.74. The van der Waals surface area contributed by atoms with Crippen molar-refractivity contribution in [1.82, 2.24) is 10.2 Å². The van der Waals surface area contributed by atoms with Crippen molar-refractivity contribution in [3.8, 4) is 0 Å². The molecular weight excluding hydrogens is 272 g/mol. The molecule has 1 heterocycles. The van der Waals surface area contributed by atoms with Crippen LogP contribution in [0.4, 0.5) is 0 Å². The largest absolute Gasteiger partial charge is 0.393 e. The van der Waals surface area contributed by atoms with E-state index in [0.29, 0.717) is 18.0 Å². The Morgan fingerprint density at radius 3 is 2.45 bits per heavy atom. The van der Waals surface area contributed by atoms with Gasteiger partial charge in [0.1, 0.15) is 0 Å². The third-order valence-electron chi connectivity index (χ3n) is 5.79. The van der Waals surface area contributed by atoms with E-state index in [1.165, 1.54) is 51.6 Å². The molecule has 3 unspecified atom stereocenters. The third kappa shape index (κ3) is 5.82. The molecule has 0 aromatic rings. The Labute approximate surface area is 137 Å². The molecule has 1 saturated carbocycles. The predicted octanol–water partition coefficient (Wildman–Crippen LogP) is 3.42. The van der Waals surface area contributed by atoms with Gasteiger partial charge in [0.25, 0.3) is 0 Å². The van der Waals surface area contributed by atoms with Crippen molar-refractivity contribution in [3.05, 3.63) is 0 Å². The molecule has 0 bridgehead atoms. The molecule has 2 aliphatic rings. The minimum atomic E-state index is -0.115. The molecule has 0 spiro atoms. The van der Waals surface area contributed by atoms with Crippen LogP contribution in [-0.4, -0.2) is 47.8 Å². The summed E-state index contributed by atoms with van der Waals surface area (Å²) in [4.78, 5) is 2.61. The van der Waals surface area contributed by atoms with E-state index in [4.69, 9.17) is 0 Å². The van der Waals surface area contributed by atoms with Crippen LogP contribution in [0, 0.1) is 11.8 Å². The number of aliphatic hydroxyl groups excluding tert-OH is 1. The van der Waals surface area contributed by atoms with Crippen molar-refractivity contribution < 1.29 is 5.11 Å². The lowest BCUT2D eigenvalue weighted by Gasteiger charge is -2.41. The lowest BCUT2D eigenvalue weighted by Crippen LogP contribution is -2.52. The molecule has 1 aliphatic heterocycles. The Morgan fingerprint density at radius 1 is 1.09 bits per heavy atom. The average Bonchev–Trinajstić information content (AvgIpc) is 2.53. The van der Waals surface area contributed by atoms with Crippen molar-refractivity contribution >= 4 is 0 Å². The second-order valence-corrected chi connectivity index (χ2v) is 8.06. The van der Waals surface area contributed by atoms with Gasteiger partial charge in [-0.2, -0.15) is 0 Å². The van der Waals surface area contributed by atoms with E-state index in [-0.39, 0.29) is 6.10 Å². The zero-order valence-electron chi connectivity index (χ0n) is 15.1. The lowest BCUT2D eigenvalue weighted by molar-refractivity contribution is 0.0680. The maximum absolute atomic E-state index is 10.0. The van der Waals surface area contributed by atoms with E-state index in [1.54, 1.807) is 0 Å². The number of nitrogens with zero attached hydrogens (tertiary/aromatic N) is 1. The number of rotatable bonds is 7. The van der Waals surface area contributed by atoms with Gasteiger partial charge in [-0.15, -0.1) is 0 Å². The molecule has 22 heavy (non-hydrogen) atoms. The summed E-state index contributed by atoms with van der Waals surface area (Å²) in [5.74, 6) is 1.55. The molecule has 0 amide bonds. The van der Waals surface area contributed by atoms with Gasteiger partial charge < -0.3 is 10.4 Å². The van der Waals surface area contributed by atoms with Gasteiger partial charge in [0.15, 0.2) is 0 Å². The highest BCUT2D eigenvalue weighted by Gasteiger charge is 2.29. The smallest absolute Gasteiger partial charge is 0.0540 e. The van der Waals surface area contributed by atoms with E-state index in [1.807, 2.05) is 0 Å². The summed E-state index contributed by atoms with van der Waals surface area (Å²) >= 11 is 0. The Morgan fingerprint density at radius 2 is 1.82 bits per heavy atom. The van der Waals surface area contributed by atoms with Gasteiger partial charge in [0, 0.05) is 25.2 Å². The zero-order valence-corrected chi connectivity index (χ0v) is 15.1. The Kier molecular flexibility index (Phi) is 7.66. The molecule has 130 valence electrons. The molecule has 3 nitrogen and oxygen atoms in total. The van der Waals surface area contributed by atoms with Gasteiger partial charge in [0.05, 0.1) is 6.10 Å². The number of piperidine rings is 1. The normalized spacial score (nSPS) is 29.9. The van der Waals surface area contributed by atoms with Crippen LogP contribution in [-0.2, 0) is 0 Å². The summed E-state index contributed by atoms with van der Waals surface area (Å²) < 4.78 is 0. The van der Waals surface area contributed by atoms with Crippen LogP contribution in [0.25, 0.3) is 0 Å². The Hall–Kier alpha value is -0.120. The van der Waals surface area contributed by atoms with Crippen LogP contribution in [0.2, 0.25) is 0 Å². The highest BCUT2D eigenvalue weighted by molar-refractivity contribution is 4.86. The maximum Gasteiger partial charge on any atom is 0.0540 e. The minimum Gasteiger partial charge on any atom is -0.393 e. The van der Waals surface area contributed by atoms with Crippen LogP contribution in [0.1, 0.15) is 72.1 Å². The highest BCUT2D eigenvalue weighted by Crippen LogP contribution is 2.26. The standard InChI is InChI=1S/C19H38N2O/c1-4-19(22)11-17-10-18(14-21(13-17)15(2)3)20-12-16-8-6-5-7-9-16/h15-20,22H,4-14H2,1-3H3. The summed E-state index contributed by atoms with van der Waals surface area (Å²) in [6.07, 6.45) is 10.1. The maximum atomic E-state index is 10.0. The number of nitrogens with one attached hydrogen (secondary N) is 1. The number of aliphatic hydroxyl groups is 1. The van der Waals surface area contributed by atoms with Crippen LogP contribution in [0.3, 0.4) is 0 Å². The van der Waals surface area contributed by atoms with E-state index >= 15 is 0 Å². The minimum absolute atomic E-state index is 0.115. The van der Waals surface area contributed by atoms with Crippen molar-refractivity contribution in [2.24, 2.45) is 11.8 Å². The van der Waals surface area contributed by atoms with Crippen molar-refractivity contribution in [3.63, 3.8) is 0 Å². The fraction of sp³-hybridized carbons (Fsp3) is 1.00. The zero-order chi connectivity index (χ0) is 15.9. The Balaban J connectivity index is 1.82. The summed E-state index contributed by atoms with van der Waals surface area (Å²) in [6, 6.07) is 1.23. The molecule has 1 aliphatic carbocycles. The van der Waals surface area contributed by atoms with Crippen molar-refractivity contribution in [1.29, 1.82) is 0 Å². The Bertz CT molecular complexity index is 302. The van der Waals surface area contributed by atoms with Crippen molar-refractivity contribution in [2.75, 3.05) is 19.6 Å². The van der Waals surface area contributed by atoms with E-state index < -0.39 is 0 Å². The number of hydrogen-bond acceptors (Lipinski definition) is 3. The molecular formula is C19H38N2O. The van der Waals surface area contributed by atoms with E-state index in [0.717, 1.165) is 25.3 Å². The van der Waals surface area contributed by atoms with Gasteiger partial charge in [0.2, 0.25) is 0 Å². The number of likely N-dealkylation sites (tertiary alicyclic amines) is 1. The molecule has 0 aromatic heterocycles. The summed E-state index contributed by atoms with van der Waals surface area (Å²) in [7, 11) is 0. The van der Waals surface area contributed by atoms with Gasteiger partial charge in [-0.3, -0.25) is 4.90 Å². The second-order valence-electron chi connectivity index (χ2n) is 8.06. The predicted molar refractivity (Wildman–Crippen MR) is 94.1 cm³/mol. The molecule has 0 radical (unpaired) electrons. The fourth-order valence-corrected chi connectivity index (χ4v) is 4.26. The van der Waals surface area contributed by atoms with Crippen LogP contribution in [0.5, 0.6) is 0 Å². The van der Waals surface area contributed by atoms with Crippen LogP contribution < -0.4 is 5.32 Å². The van der Waals surface area contributed by atoms with E-state index in [9.17, 15) is 5.11 Å². The van der Waals surface area contributed by atoms with Crippen molar-refractivity contribution in [2.45, 2.75) is 90.3 Å². The molecule has 0 aromatic carbocycles. The lowest BCUT2D eigenvalue weighted by atomic mass is 9.86. The summed E-state index contributed by atoms with van der Waals surface area (Å²) in [5, 5.41) is 13.9. The first-order valence-corrected chi connectivity index (χ1v) is 9.74. The first-order chi connectivity index (χ1) is 10.6. The van der Waals surface area contributed by atoms with Gasteiger partial charge >= 0.3 is 0 Å². The van der Waals surface area contributed by atoms with Crippen LogP contribution >= 0.6 is 0 Å². The van der Waals surface area contributed by atoms with Gasteiger partial charge in [-0.1, -0.05) is 26.2 Å². The first kappa shape index (κ1) is 18.2. The van der Waals surface area contributed by atoms with E-state index in [2.05, 4.69) is 31.0 Å². The fourth-order valence-electron chi connectivity index (χ4n) is 4.26. The second kappa shape index (κ2) is 9.24. The highest BCUT2D eigenvalue weighted by atomic mass is 16.3. The monoisotopic (exact) mass is 310 g/mol. The molecule has 2 rings (SSSR count). The molecule has 2 fully saturated rings. The number of hydrogen-bond donors (Lipinski definition) is 2. The quantitative estimate of drug-likeness (QED) is 0.756. The molecule has 1 saturated heterocycles.